The van der Waals surface area contributed by atoms with Gasteiger partial charge >= 0.3 is 0 Å². The lowest BCUT2D eigenvalue weighted by Crippen LogP contribution is -2.35. The van der Waals surface area contributed by atoms with Gasteiger partial charge < -0.3 is 25.5 Å². The highest BCUT2D eigenvalue weighted by Gasteiger charge is 2.24. The molecular weight excluding hydrogens is 428 g/mol. The Balaban J connectivity index is 1.51. The van der Waals surface area contributed by atoms with Crippen LogP contribution in [0.2, 0.25) is 0 Å². The van der Waals surface area contributed by atoms with Gasteiger partial charge in [-0.3, -0.25) is 0 Å². The summed E-state index contributed by atoms with van der Waals surface area (Å²) in [7, 11) is 4.16. The highest BCUT2D eigenvalue weighted by atomic mass is 16.3. The lowest BCUT2D eigenvalue weighted by atomic mass is 10.1. The predicted molar refractivity (Wildman–Crippen MR) is 136 cm³/mol. The van der Waals surface area contributed by atoms with Gasteiger partial charge in [-0.2, -0.15) is 0 Å². The lowest BCUT2D eigenvalue weighted by Gasteiger charge is -2.28. The molecule has 0 spiro atoms. The van der Waals surface area contributed by atoms with E-state index in [0.717, 1.165) is 62.8 Å². The largest absolute Gasteiger partial charge is 0.507 e. The number of aryl methyl sites for hydroxylation is 1. The second kappa shape index (κ2) is 10.6. The molecule has 0 saturated carbocycles. The summed E-state index contributed by atoms with van der Waals surface area (Å²) in [6, 6.07) is 11.4. The number of benzene rings is 1. The van der Waals surface area contributed by atoms with Crippen molar-refractivity contribution in [3.05, 3.63) is 48.4 Å². The Hall–Kier alpha value is -3.46. The predicted octanol–water partition coefficient (Wildman–Crippen LogP) is 2.82. The van der Waals surface area contributed by atoms with Crippen LogP contribution in [0.3, 0.4) is 0 Å². The molecule has 1 aromatic carbocycles. The van der Waals surface area contributed by atoms with Crippen LogP contribution >= 0.6 is 0 Å². The number of aromatic nitrogens is 4. The summed E-state index contributed by atoms with van der Waals surface area (Å²) in [6.45, 7) is 5.68. The molecule has 0 aliphatic carbocycles. The number of aromatic hydroxyl groups is 1. The van der Waals surface area contributed by atoms with Gasteiger partial charge in [-0.25, -0.2) is 9.97 Å². The molecule has 9 heteroatoms. The van der Waals surface area contributed by atoms with E-state index in [0.29, 0.717) is 23.1 Å². The third-order valence-corrected chi connectivity index (χ3v) is 6.27. The molecule has 2 aromatic heterocycles. The first-order valence-corrected chi connectivity index (χ1v) is 11.8. The van der Waals surface area contributed by atoms with E-state index in [2.05, 4.69) is 50.9 Å². The van der Waals surface area contributed by atoms with Crippen LogP contribution in [0.25, 0.3) is 11.3 Å². The van der Waals surface area contributed by atoms with E-state index in [1.54, 1.807) is 12.1 Å². The SMILES string of the molecule is C[C@@H]1CCN(c2cc(-c3ccccc3O)nnc2N)CCN1c1ccnc(CCCN(C)C)n1. The van der Waals surface area contributed by atoms with Crippen LogP contribution in [-0.2, 0) is 6.42 Å². The van der Waals surface area contributed by atoms with Crippen LogP contribution in [0.15, 0.2) is 42.6 Å². The maximum atomic E-state index is 10.2. The van der Waals surface area contributed by atoms with Gasteiger partial charge in [0.1, 0.15) is 17.4 Å². The van der Waals surface area contributed by atoms with Crippen LogP contribution in [0.5, 0.6) is 5.75 Å². The Morgan fingerprint density at radius 2 is 1.94 bits per heavy atom. The molecule has 3 heterocycles. The second-order valence-corrected chi connectivity index (χ2v) is 9.07. The Labute approximate surface area is 201 Å². The fourth-order valence-corrected chi connectivity index (χ4v) is 4.33. The average molecular weight is 463 g/mol. The first-order chi connectivity index (χ1) is 16.4. The number of nitrogens with zero attached hydrogens (tertiary/aromatic N) is 7. The molecule has 0 radical (unpaired) electrons. The maximum Gasteiger partial charge on any atom is 0.169 e. The van der Waals surface area contributed by atoms with Gasteiger partial charge in [0, 0.05) is 43.9 Å². The van der Waals surface area contributed by atoms with Crippen molar-refractivity contribution in [1.82, 2.24) is 25.1 Å². The zero-order chi connectivity index (χ0) is 24.1. The number of hydrogen-bond donors (Lipinski definition) is 2. The standard InChI is InChI=1S/C25H34N8O/c1-18-11-14-32(21-17-20(29-30-25(21)26)19-7-4-5-8-22(19)34)15-16-33(18)24-10-12-27-23(28-24)9-6-13-31(2)3/h4-5,7-8,10,12,17-18,34H,6,9,11,13-16H2,1-3H3,(H2,26,30)/t18-/m1/s1. The first-order valence-electron chi connectivity index (χ1n) is 11.8. The van der Waals surface area contributed by atoms with Crippen LogP contribution in [-0.4, -0.2) is 76.5 Å². The molecular formula is C25H34N8O. The molecule has 3 aromatic rings. The van der Waals surface area contributed by atoms with Crippen LogP contribution in [0, 0.1) is 0 Å². The molecule has 3 N–H and O–H groups in total. The summed E-state index contributed by atoms with van der Waals surface area (Å²) < 4.78 is 0. The van der Waals surface area contributed by atoms with Crippen molar-refractivity contribution in [1.29, 1.82) is 0 Å². The monoisotopic (exact) mass is 462 g/mol. The normalized spacial score (nSPS) is 16.6. The number of phenols is 1. The molecule has 4 rings (SSSR count). The van der Waals surface area contributed by atoms with E-state index in [9.17, 15) is 5.11 Å². The van der Waals surface area contributed by atoms with Crippen LogP contribution < -0.4 is 15.5 Å². The highest BCUT2D eigenvalue weighted by Crippen LogP contribution is 2.32. The minimum absolute atomic E-state index is 0.174. The van der Waals surface area contributed by atoms with Gasteiger partial charge in [0.05, 0.1) is 11.4 Å². The molecule has 1 saturated heterocycles. The fraction of sp³-hybridized carbons (Fsp3) is 0.440. The smallest absolute Gasteiger partial charge is 0.169 e. The van der Waals surface area contributed by atoms with Crippen molar-refractivity contribution in [2.45, 2.75) is 32.2 Å². The van der Waals surface area contributed by atoms with Crippen molar-refractivity contribution < 1.29 is 5.11 Å². The molecule has 0 amide bonds. The Morgan fingerprint density at radius 1 is 1.12 bits per heavy atom. The second-order valence-electron chi connectivity index (χ2n) is 9.07. The highest BCUT2D eigenvalue weighted by molar-refractivity contribution is 5.74. The minimum atomic E-state index is 0.174. The number of anilines is 3. The topological polar surface area (TPSA) is 108 Å². The molecule has 0 unspecified atom stereocenters. The van der Waals surface area contributed by atoms with E-state index >= 15 is 0 Å². The molecule has 1 atom stereocenters. The van der Waals surface area contributed by atoms with E-state index in [1.807, 2.05) is 30.5 Å². The zero-order valence-electron chi connectivity index (χ0n) is 20.2. The summed E-state index contributed by atoms with van der Waals surface area (Å²) in [6.07, 6.45) is 4.72. The molecule has 34 heavy (non-hydrogen) atoms. The summed E-state index contributed by atoms with van der Waals surface area (Å²) in [4.78, 5) is 16.1. The molecule has 9 nitrogen and oxygen atoms in total. The van der Waals surface area contributed by atoms with Crippen molar-refractivity contribution in [2.75, 3.05) is 55.8 Å². The summed E-state index contributed by atoms with van der Waals surface area (Å²) in [5, 5.41) is 18.7. The maximum absolute atomic E-state index is 10.2. The Kier molecular flexibility index (Phi) is 7.42. The van der Waals surface area contributed by atoms with Crippen molar-refractivity contribution >= 4 is 17.3 Å². The number of nitrogens with two attached hydrogens (primary N) is 1. The number of hydrogen-bond acceptors (Lipinski definition) is 9. The van der Waals surface area contributed by atoms with Crippen LogP contribution in [0.1, 0.15) is 25.6 Å². The number of para-hydroxylation sites is 1. The minimum Gasteiger partial charge on any atom is -0.507 e. The van der Waals surface area contributed by atoms with Crippen molar-refractivity contribution in [3.8, 4) is 17.0 Å². The van der Waals surface area contributed by atoms with E-state index in [4.69, 9.17) is 10.7 Å². The number of phenolic OH excluding ortho intramolecular Hbond substituents is 1. The summed E-state index contributed by atoms with van der Waals surface area (Å²) in [5.41, 5.74) is 8.33. The third-order valence-electron chi connectivity index (χ3n) is 6.27. The van der Waals surface area contributed by atoms with Crippen LogP contribution in [0.4, 0.5) is 17.3 Å². The quantitative estimate of drug-likeness (QED) is 0.548. The van der Waals surface area contributed by atoms with Gasteiger partial charge in [0.15, 0.2) is 5.82 Å². The fourth-order valence-electron chi connectivity index (χ4n) is 4.33. The number of rotatable bonds is 7. The van der Waals surface area contributed by atoms with Gasteiger partial charge in [-0.15, -0.1) is 10.2 Å². The van der Waals surface area contributed by atoms with Gasteiger partial charge in [-0.1, -0.05) is 12.1 Å². The van der Waals surface area contributed by atoms with E-state index in [1.165, 1.54) is 0 Å². The summed E-state index contributed by atoms with van der Waals surface area (Å²) >= 11 is 0. The molecule has 1 fully saturated rings. The van der Waals surface area contributed by atoms with E-state index in [-0.39, 0.29) is 5.75 Å². The molecule has 0 bridgehead atoms. The molecule has 180 valence electrons. The Morgan fingerprint density at radius 3 is 2.74 bits per heavy atom. The first kappa shape index (κ1) is 23.7. The van der Waals surface area contributed by atoms with E-state index < -0.39 is 0 Å². The van der Waals surface area contributed by atoms with Gasteiger partial charge in [0.2, 0.25) is 0 Å². The third kappa shape index (κ3) is 5.53. The molecule has 1 aliphatic rings. The Bertz CT molecular complexity index is 1110. The zero-order valence-corrected chi connectivity index (χ0v) is 20.2. The lowest BCUT2D eigenvalue weighted by molar-refractivity contribution is 0.398. The van der Waals surface area contributed by atoms with Gasteiger partial charge in [0.25, 0.3) is 0 Å². The molecule has 1 aliphatic heterocycles. The number of nitrogen functional groups attached to an aromatic ring is 1. The van der Waals surface area contributed by atoms with Crippen molar-refractivity contribution in [3.63, 3.8) is 0 Å². The van der Waals surface area contributed by atoms with Crippen molar-refractivity contribution in [2.24, 2.45) is 0 Å². The van der Waals surface area contributed by atoms with Gasteiger partial charge in [-0.05, 0) is 64.7 Å². The average Bonchev–Trinajstić information content (AvgIpc) is 3.01. The summed E-state index contributed by atoms with van der Waals surface area (Å²) in [5.74, 6) is 2.43.